The topological polar surface area (TPSA) is 38.0 Å². The summed E-state index contributed by atoms with van der Waals surface area (Å²) < 4.78 is 0.918. The van der Waals surface area contributed by atoms with E-state index in [-0.39, 0.29) is 6.04 Å². The molecule has 0 bridgehead atoms. The zero-order chi connectivity index (χ0) is 12.8. The number of halogens is 2. The monoisotopic (exact) mass is 318 g/mol. The van der Waals surface area contributed by atoms with E-state index in [0.29, 0.717) is 5.92 Å². The average Bonchev–Trinajstić information content (AvgIpc) is 2.35. The molecule has 0 heterocycles. The average molecular weight is 320 g/mol. The van der Waals surface area contributed by atoms with Crippen molar-refractivity contribution in [3.05, 3.63) is 33.3 Å². The van der Waals surface area contributed by atoms with Gasteiger partial charge in [-0.25, -0.2) is 0 Å². The highest BCUT2D eigenvalue weighted by atomic mass is 79.9. The zero-order valence-corrected chi connectivity index (χ0v) is 12.7. The summed E-state index contributed by atoms with van der Waals surface area (Å²) in [4.78, 5) is 0. The van der Waals surface area contributed by atoms with Crippen molar-refractivity contribution in [2.24, 2.45) is 11.8 Å². The summed E-state index contributed by atoms with van der Waals surface area (Å²) in [7, 11) is 0. The maximum Gasteiger partial charge on any atom is 0.0596 e. The first-order valence-electron chi connectivity index (χ1n) is 6.04. The summed E-state index contributed by atoms with van der Waals surface area (Å²) >= 11 is 9.74. The maximum absolute atomic E-state index is 6.29. The molecule has 1 atom stereocenters. The second-order valence-corrected chi connectivity index (χ2v) is 5.51. The fraction of sp³-hybridized carbons (Fsp3) is 0.538. The van der Waals surface area contributed by atoms with Gasteiger partial charge in [-0.1, -0.05) is 50.4 Å². The molecule has 2 nitrogen and oxygen atoms in total. The van der Waals surface area contributed by atoms with Crippen LogP contribution in [-0.4, -0.2) is 0 Å². The molecule has 4 heteroatoms. The highest BCUT2D eigenvalue weighted by molar-refractivity contribution is 9.10. The molecule has 0 spiro atoms. The van der Waals surface area contributed by atoms with Gasteiger partial charge in [-0.3, -0.25) is 11.3 Å². The summed E-state index contributed by atoms with van der Waals surface area (Å²) in [6, 6.07) is 6.07. The molecular weight excluding hydrogens is 300 g/mol. The lowest BCUT2D eigenvalue weighted by Crippen LogP contribution is -2.29. The molecule has 0 amide bonds. The van der Waals surface area contributed by atoms with E-state index in [1.807, 2.05) is 18.2 Å². The van der Waals surface area contributed by atoms with Crippen molar-refractivity contribution in [3.63, 3.8) is 0 Å². The highest BCUT2D eigenvalue weighted by Crippen LogP contribution is 2.33. The number of hydrogen-bond acceptors (Lipinski definition) is 2. The minimum atomic E-state index is 0.116. The van der Waals surface area contributed by atoms with Crippen LogP contribution >= 0.6 is 27.5 Å². The smallest absolute Gasteiger partial charge is 0.0596 e. The molecule has 0 saturated carbocycles. The Morgan fingerprint density at radius 3 is 2.53 bits per heavy atom. The van der Waals surface area contributed by atoms with Crippen molar-refractivity contribution in [2.75, 3.05) is 0 Å². The van der Waals surface area contributed by atoms with Gasteiger partial charge in [-0.05, 0) is 39.9 Å². The summed E-state index contributed by atoms with van der Waals surface area (Å²) in [6.45, 7) is 4.43. The molecule has 0 aliphatic rings. The van der Waals surface area contributed by atoms with Gasteiger partial charge >= 0.3 is 0 Å². The van der Waals surface area contributed by atoms with E-state index >= 15 is 0 Å². The van der Waals surface area contributed by atoms with Gasteiger partial charge in [0, 0.05) is 10.5 Å². The van der Waals surface area contributed by atoms with Crippen LogP contribution in [-0.2, 0) is 0 Å². The molecular formula is C13H20BrClN2. The number of benzene rings is 1. The quantitative estimate of drug-likeness (QED) is 0.601. The number of hydrogen-bond donors (Lipinski definition) is 2. The first-order chi connectivity index (χ1) is 8.13. The van der Waals surface area contributed by atoms with Gasteiger partial charge < -0.3 is 0 Å². The fourth-order valence-electron chi connectivity index (χ4n) is 2.03. The van der Waals surface area contributed by atoms with E-state index in [4.69, 9.17) is 17.4 Å². The minimum absolute atomic E-state index is 0.116. The van der Waals surface area contributed by atoms with Gasteiger partial charge in [0.2, 0.25) is 0 Å². The lowest BCUT2D eigenvalue weighted by Gasteiger charge is -2.22. The number of nitrogens with two attached hydrogens (primary N) is 1. The molecule has 0 saturated heterocycles. The first kappa shape index (κ1) is 15.0. The van der Waals surface area contributed by atoms with Crippen LogP contribution in [0.25, 0.3) is 0 Å². The number of nitrogens with one attached hydrogen (secondary N) is 1. The van der Waals surface area contributed by atoms with Gasteiger partial charge in [-0.2, -0.15) is 0 Å². The van der Waals surface area contributed by atoms with E-state index in [0.717, 1.165) is 21.5 Å². The molecule has 0 fully saturated rings. The van der Waals surface area contributed by atoms with E-state index in [2.05, 4.69) is 35.2 Å². The van der Waals surface area contributed by atoms with Crippen LogP contribution < -0.4 is 11.3 Å². The molecule has 1 aromatic rings. The van der Waals surface area contributed by atoms with Gasteiger partial charge in [0.15, 0.2) is 0 Å². The highest BCUT2D eigenvalue weighted by Gasteiger charge is 2.18. The predicted molar refractivity (Wildman–Crippen MR) is 77.9 cm³/mol. The predicted octanol–water partition coefficient (Wildman–Crippen LogP) is 4.43. The van der Waals surface area contributed by atoms with E-state index < -0.39 is 0 Å². The van der Waals surface area contributed by atoms with Gasteiger partial charge in [-0.15, -0.1) is 0 Å². The Labute approximate surface area is 117 Å². The lowest BCUT2D eigenvalue weighted by molar-refractivity contribution is 0.375. The molecule has 0 radical (unpaired) electrons. The standard InChI is InChI=1S/C13H20BrClN2/c1-3-9(4-2)8-12(17-16)10-6-5-7-11(14)13(10)15/h5-7,9,12,17H,3-4,8,16H2,1-2H3. The summed E-state index contributed by atoms with van der Waals surface area (Å²) in [5.41, 5.74) is 3.95. The Hall–Kier alpha value is -0.0900. The van der Waals surface area contributed by atoms with Crippen LogP contribution in [0.4, 0.5) is 0 Å². The zero-order valence-electron chi connectivity index (χ0n) is 10.3. The second-order valence-electron chi connectivity index (χ2n) is 4.28. The number of rotatable bonds is 6. The van der Waals surface area contributed by atoms with Gasteiger partial charge in [0.05, 0.1) is 5.02 Å². The fourth-order valence-corrected chi connectivity index (χ4v) is 2.67. The molecule has 1 unspecified atom stereocenters. The minimum Gasteiger partial charge on any atom is -0.271 e. The van der Waals surface area contributed by atoms with Gasteiger partial charge in [0.1, 0.15) is 0 Å². The largest absolute Gasteiger partial charge is 0.271 e. The van der Waals surface area contributed by atoms with Crippen molar-refractivity contribution in [1.29, 1.82) is 0 Å². The second kappa shape index (κ2) is 7.37. The summed E-state index contributed by atoms with van der Waals surface area (Å²) in [5, 5.41) is 0.751. The lowest BCUT2D eigenvalue weighted by atomic mass is 9.91. The SMILES string of the molecule is CCC(CC)CC(NN)c1cccc(Br)c1Cl. The van der Waals surface area contributed by atoms with Crippen LogP contribution in [0, 0.1) is 5.92 Å². The van der Waals surface area contributed by atoms with Crippen molar-refractivity contribution >= 4 is 27.5 Å². The third-order valence-electron chi connectivity index (χ3n) is 3.28. The van der Waals surface area contributed by atoms with Crippen molar-refractivity contribution in [1.82, 2.24) is 5.43 Å². The van der Waals surface area contributed by atoms with Crippen molar-refractivity contribution < 1.29 is 0 Å². The summed E-state index contributed by atoms with van der Waals surface area (Å²) in [6.07, 6.45) is 3.35. The molecule has 0 aromatic heterocycles. The Kier molecular flexibility index (Phi) is 6.49. The Balaban J connectivity index is 2.89. The molecule has 96 valence electrons. The number of hydrazine groups is 1. The molecule has 0 aliphatic heterocycles. The Morgan fingerprint density at radius 1 is 1.35 bits per heavy atom. The van der Waals surface area contributed by atoms with Crippen LogP contribution in [0.5, 0.6) is 0 Å². The third-order valence-corrected chi connectivity index (χ3v) is 4.59. The van der Waals surface area contributed by atoms with Crippen LogP contribution in [0.2, 0.25) is 5.02 Å². The van der Waals surface area contributed by atoms with E-state index in [9.17, 15) is 0 Å². The molecule has 1 aromatic carbocycles. The van der Waals surface area contributed by atoms with Crippen LogP contribution in [0.15, 0.2) is 22.7 Å². The van der Waals surface area contributed by atoms with Crippen molar-refractivity contribution in [2.45, 2.75) is 39.2 Å². The normalized spacial score (nSPS) is 13.1. The van der Waals surface area contributed by atoms with E-state index in [1.54, 1.807) is 0 Å². The maximum atomic E-state index is 6.29. The Morgan fingerprint density at radius 2 is 2.00 bits per heavy atom. The van der Waals surface area contributed by atoms with Gasteiger partial charge in [0.25, 0.3) is 0 Å². The third kappa shape index (κ3) is 3.95. The summed E-state index contributed by atoms with van der Waals surface area (Å²) in [5.74, 6) is 6.33. The first-order valence-corrected chi connectivity index (χ1v) is 7.21. The Bertz CT molecular complexity index is 353. The molecule has 1 rings (SSSR count). The van der Waals surface area contributed by atoms with E-state index in [1.165, 1.54) is 12.8 Å². The van der Waals surface area contributed by atoms with Crippen LogP contribution in [0.1, 0.15) is 44.7 Å². The molecule has 0 aliphatic carbocycles. The molecule has 17 heavy (non-hydrogen) atoms. The van der Waals surface area contributed by atoms with Crippen LogP contribution in [0.3, 0.4) is 0 Å². The van der Waals surface area contributed by atoms with Crippen molar-refractivity contribution in [3.8, 4) is 0 Å². The molecule has 3 N–H and O–H groups in total.